The fraction of sp³-hybridized carbons (Fsp3) is 0.375. The molecule has 1 aromatic heterocycles. The minimum absolute atomic E-state index is 0.129. The standard InChI is InChI=1S/C8H12BrN5O/c1-4(2-7(11)15)12-8-13-5(9)3-6(10)14-8/h3-4H,2H2,1H3,(H2,11,15)(H3,10,12,13,14). The number of nitrogen functional groups attached to an aromatic ring is 1. The summed E-state index contributed by atoms with van der Waals surface area (Å²) in [4.78, 5) is 18.6. The van der Waals surface area contributed by atoms with Crippen LogP contribution in [-0.4, -0.2) is 21.9 Å². The highest BCUT2D eigenvalue weighted by Crippen LogP contribution is 2.13. The van der Waals surface area contributed by atoms with Gasteiger partial charge in [0.15, 0.2) is 0 Å². The molecule has 5 N–H and O–H groups in total. The summed E-state index contributed by atoms with van der Waals surface area (Å²) < 4.78 is 0.587. The molecule has 0 aliphatic rings. The normalized spacial score (nSPS) is 12.1. The number of primary amides is 1. The van der Waals surface area contributed by atoms with Gasteiger partial charge in [0.1, 0.15) is 10.4 Å². The number of anilines is 2. The van der Waals surface area contributed by atoms with Gasteiger partial charge in [0, 0.05) is 18.5 Å². The number of carbonyl (C=O) groups excluding carboxylic acids is 1. The smallest absolute Gasteiger partial charge is 0.225 e. The van der Waals surface area contributed by atoms with Gasteiger partial charge >= 0.3 is 0 Å². The summed E-state index contributed by atoms with van der Waals surface area (Å²) in [5, 5.41) is 2.92. The van der Waals surface area contributed by atoms with Gasteiger partial charge in [-0.05, 0) is 22.9 Å². The number of nitrogens with one attached hydrogen (secondary N) is 1. The third kappa shape index (κ3) is 4.11. The molecular weight excluding hydrogens is 262 g/mol. The minimum Gasteiger partial charge on any atom is -0.383 e. The van der Waals surface area contributed by atoms with Crippen LogP contribution in [0.1, 0.15) is 13.3 Å². The predicted molar refractivity (Wildman–Crippen MR) is 61.0 cm³/mol. The topological polar surface area (TPSA) is 107 Å². The van der Waals surface area contributed by atoms with Crippen LogP contribution < -0.4 is 16.8 Å². The van der Waals surface area contributed by atoms with Gasteiger partial charge in [0.05, 0.1) is 0 Å². The molecule has 1 unspecified atom stereocenters. The average molecular weight is 274 g/mol. The Bertz CT molecular complexity index is 350. The molecule has 0 radical (unpaired) electrons. The van der Waals surface area contributed by atoms with Crippen LogP contribution in [0, 0.1) is 0 Å². The predicted octanol–water partition coefficient (Wildman–Crippen LogP) is 0.497. The van der Waals surface area contributed by atoms with Gasteiger partial charge in [-0.3, -0.25) is 4.79 Å². The summed E-state index contributed by atoms with van der Waals surface area (Å²) in [6.07, 6.45) is 0.218. The SMILES string of the molecule is CC(CC(N)=O)Nc1nc(N)cc(Br)n1. The zero-order chi connectivity index (χ0) is 11.4. The monoisotopic (exact) mass is 273 g/mol. The molecule has 0 saturated heterocycles. The molecule has 15 heavy (non-hydrogen) atoms. The summed E-state index contributed by atoms with van der Waals surface area (Å²) >= 11 is 3.19. The molecule has 1 aromatic rings. The largest absolute Gasteiger partial charge is 0.383 e. The van der Waals surface area contributed by atoms with E-state index >= 15 is 0 Å². The maximum atomic E-state index is 10.6. The van der Waals surface area contributed by atoms with E-state index in [0.29, 0.717) is 16.4 Å². The van der Waals surface area contributed by atoms with Gasteiger partial charge < -0.3 is 16.8 Å². The van der Waals surface area contributed by atoms with Crippen molar-refractivity contribution in [1.82, 2.24) is 9.97 Å². The number of rotatable bonds is 4. The third-order valence-electron chi connectivity index (χ3n) is 1.60. The highest BCUT2D eigenvalue weighted by Gasteiger charge is 2.08. The lowest BCUT2D eigenvalue weighted by Gasteiger charge is -2.11. The summed E-state index contributed by atoms with van der Waals surface area (Å²) in [6, 6.07) is 1.46. The van der Waals surface area contributed by atoms with Crippen molar-refractivity contribution in [3.8, 4) is 0 Å². The van der Waals surface area contributed by atoms with Crippen LogP contribution in [-0.2, 0) is 4.79 Å². The minimum atomic E-state index is -0.377. The maximum Gasteiger partial charge on any atom is 0.225 e. The van der Waals surface area contributed by atoms with Gasteiger partial charge in [-0.25, -0.2) is 4.98 Å². The molecule has 1 amide bonds. The van der Waals surface area contributed by atoms with Crippen molar-refractivity contribution in [2.24, 2.45) is 5.73 Å². The highest BCUT2D eigenvalue weighted by atomic mass is 79.9. The quantitative estimate of drug-likeness (QED) is 0.693. The van der Waals surface area contributed by atoms with Crippen molar-refractivity contribution >= 4 is 33.6 Å². The zero-order valence-electron chi connectivity index (χ0n) is 8.20. The van der Waals surface area contributed by atoms with Crippen molar-refractivity contribution < 1.29 is 4.79 Å². The van der Waals surface area contributed by atoms with Crippen LogP contribution in [0.4, 0.5) is 11.8 Å². The number of nitrogens with zero attached hydrogens (tertiary/aromatic N) is 2. The van der Waals surface area contributed by atoms with E-state index < -0.39 is 0 Å². The second-order valence-electron chi connectivity index (χ2n) is 3.15. The van der Waals surface area contributed by atoms with E-state index in [0.717, 1.165) is 0 Å². The van der Waals surface area contributed by atoms with Gasteiger partial charge in [0.2, 0.25) is 11.9 Å². The van der Waals surface area contributed by atoms with E-state index in [1.165, 1.54) is 0 Å². The van der Waals surface area contributed by atoms with Gasteiger partial charge in [-0.1, -0.05) is 0 Å². The second-order valence-corrected chi connectivity index (χ2v) is 3.97. The number of halogens is 1. The van der Waals surface area contributed by atoms with E-state index in [1.807, 2.05) is 6.92 Å². The average Bonchev–Trinajstić information content (AvgIpc) is 1.98. The Balaban J connectivity index is 2.67. The summed E-state index contributed by atoms with van der Waals surface area (Å²) in [5.74, 6) is 0.347. The molecule has 0 fully saturated rings. The lowest BCUT2D eigenvalue weighted by Crippen LogP contribution is -2.25. The fourth-order valence-corrected chi connectivity index (χ4v) is 1.48. The lowest BCUT2D eigenvalue weighted by atomic mass is 10.2. The third-order valence-corrected chi connectivity index (χ3v) is 2.00. The number of hydrogen-bond acceptors (Lipinski definition) is 5. The molecule has 0 aliphatic carbocycles. The van der Waals surface area contributed by atoms with E-state index in [4.69, 9.17) is 11.5 Å². The molecule has 7 heteroatoms. The molecule has 6 nitrogen and oxygen atoms in total. The Morgan fingerprint density at radius 1 is 1.67 bits per heavy atom. The van der Waals surface area contributed by atoms with Crippen molar-refractivity contribution in [2.75, 3.05) is 11.1 Å². The Labute approximate surface area is 95.6 Å². The molecule has 0 saturated carbocycles. The van der Waals surface area contributed by atoms with Crippen LogP contribution in [0.5, 0.6) is 0 Å². The first kappa shape index (κ1) is 11.7. The van der Waals surface area contributed by atoms with Crippen molar-refractivity contribution in [3.05, 3.63) is 10.7 Å². The molecule has 0 aliphatic heterocycles. The van der Waals surface area contributed by atoms with E-state index in [9.17, 15) is 4.79 Å². The van der Waals surface area contributed by atoms with Crippen LogP contribution in [0.15, 0.2) is 10.7 Å². The zero-order valence-corrected chi connectivity index (χ0v) is 9.78. The Morgan fingerprint density at radius 2 is 2.33 bits per heavy atom. The summed E-state index contributed by atoms with van der Waals surface area (Å²) in [6.45, 7) is 1.81. The number of aromatic nitrogens is 2. The first-order valence-corrected chi connectivity index (χ1v) is 5.11. The fourth-order valence-electron chi connectivity index (χ4n) is 1.07. The molecule has 0 aromatic carbocycles. The van der Waals surface area contributed by atoms with E-state index in [1.54, 1.807) is 6.07 Å². The van der Waals surface area contributed by atoms with Gasteiger partial charge in [-0.2, -0.15) is 4.98 Å². The van der Waals surface area contributed by atoms with E-state index in [2.05, 4.69) is 31.2 Å². The Kier molecular flexibility index (Phi) is 3.84. The van der Waals surface area contributed by atoms with E-state index in [-0.39, 0.29) is 18.4 Å². The number of nitrogens with two attached hydrogens (primary N) is 2. The molecule has 0 spiro atoms. The van der Waals surface area contributed by atoms with Crippen molar-refractivity contribution in [3.63, 3.8) is 0 Å². The lowest BCUT2D eigenvalue weighted by molar-refractivity contribution is -0.118. The van der Waals surface area contributed by atoms with Crippen LogP contribution in [0.2, 0.25) is 0 Å². The molecule has 1 rings (SSSR count). The van der Waals surface area contributed by atoms with Crippen molar-refractivity contribution in [2.45, 2.75) is 19.4 Å². The maximum absolute atomic E-state index is 10.6. The molecule has 1 atom stereocenters. The van der Waals surface area contributed by atoms with Gasteiger partial charge in [0.25, 0.3) is 0 Å². The molecule has 0 bridgehead atoms. The number of amides is 1. The Morgan fingerprint density at radius 3 is 2.87 bits per heavy atom. The molecular formula is C8H12BrN5O. The highest BCUT2D eigenvalue weighted by molar-refractivity contribution is 9.10. The molecule has 1 heterocycles. The molecule has 82 valence electrons. The first-order chi connectivity index (χ1) is 6.97. The van der Waals surface area contributed by atoms with Crippen molar-refractivity contribution in [1.29, 1.82) is 0 Å². The first-order valence-electron chi connectivity index (χ1n) is 4.32. The van der Waals surface area contributed by atoms with Crippen LogP contribution in [0.3, 0.4) is 0 Å². The van der Waals surface area contributed by atoms with Crippen LogP contribution >= 0.6 is 15.9 Å². The number of carbonyl (C=O) groups is 1. The summed E-state index contributed by atoms with van der Waals surface area (Å²) in [5.41, 5.74) is 10.6. The number of hydrogen-bond donors (Lipinski definition) is 3. The van der Waals surface area contributed by atoms with Gasteiger partial charge in [-0.15, -0.1) is 0 Å². The van der Waals surface area contributed by atoms with Crippen LogP contribution in [0.25, 0.3) is 0 Å². The summed E-state index contributed by atoms with van der Waals surface area (Å²) in [7, 11) is 0. The second kappa shape index (κ2) is 4.92. The Hall–Kier alpha value is -1.37.